The van der Waals surface area contributed by atoms with Crippen LogP contribution in [0.15, 0.2) is 22.7 Å². The Labute approximate surface area is 109 Å². The Bertz CT molecular complexity index is 454. The van der Waals surface area contributed by atoms with Gasteiger partial charge in [0.1, 0.15) is 0 Å². The quantitative estimate of drug-likeness (QED) is 0.516. The zero-order chi connectivity index (χ0) is 12.8. The summed E-state index contributed by atoms with van der Waals surface area (Å²) in [6.45, 7) is 2.54. The average molecular weight is 297 g/mol. The standard InChI is InChI=1S/C12H13BrN2O2/c1-3-4-9(2)14-8-10-5-11(13)7-12(6-10)15(16)17/h1,5-7,9,14H,4,8H2,2H3. The Morgan fingerprint density at radius 3 is 2.88 bits per heavy atom. The maximum absolute atomic E-state index is 10.7. The van der Waals surface area contributed by atoms with Gasteiger partial charge in [-0.05, 0) is 18.6 Å². The van der Waals surface area contributed by atoms with Gasteiger partial charge in [0.25, 0.3) is 5.69 Å². The van der Waals surface area contributed by atoms with Gasteiger partial charge in [0.15, 0.2) is 0 Å². The van der Waals surface area contributed by atoms with Gasteiger partial charge in [-0.2, -0.15) is 0 Å². The van der Waals surface area contributed by atoms with E-state index in [-0.39, 0.29) is 11.7 Å². The van der Waals surface area contributed by atoms with E-state index in [1.54, 1.807) is 6.07 Å². The van der Waals surface area contributed by atoms with Crippen LogP contribution in [0.1, 0.15) is 18.9 Å². The highest BCUT2D eigenvalue weighted by Gasteiger charge is 2.09. The van der Waals surface area contributed by atoms with Gasteiger partial charge < -0.3 is 5.32 Å². The Morgan fingerprint density at radius 2 is 2.29 bits per heavy atom. The minimum absolute atomic E-state index is 0.0841. The van der Waals surface area contributed by atoms with Crippen molar-refractivity contribution in [2.75, 3.05) is 0 Å². The number of hydrogen-bond acceptors (Lipinski definition) is 3. The predicted octanol–water partition coefficient (Wildman–Crippen LogP) is 2.86. The molecule has 0 heterocycles. The molecule has 0 aliphatic carbocycles. The molecule has 4 nitrogen and oxygen atoms in total. The van der Waals surface area contributed by atoms with Crippen molar-refractivity contribution in [3.05, 3.63) is 38.3 Å². The zero-order valence-corrected chi connectivity index (χ0v) is 11.0. The summed E-state index contributed by atoms with van der Waals surface area (Å²) in [5.41, 5.74) is 0.940. The molecule has 0 amide bonds. The lowest BCUT2D eigenvalue weighted by Gasteiger charge is -2.10. The van der Waals surface area contributed by atoms with Crippen LogP contribution >= 0.6 is 15.9 Å². The van der Waals surface area contributed by atoms with Crippen molar-refractivity contribution in [3.63, 3.8) is 0 Å². The van der Waals surface area contributed by atoms with Crippen molar-refractivity contribution in [2.45, 2.75) is 25.9 Å². The first kappa shape index (κ1) is 13.7. The van der Waals surface area contributed by atoms with Crippen molar-refractivity contribution >= 4 is 21.6 Å². The minimum Gasteiger partial charge on any atom is -0.309 e. The van der Waals surface area contributed by atoms with E-state index in [4.69, 9.17) is 6.42 Å². The Kier molecular flexibility index (Phi) is 5.13. The second-order valence-corrected chi connectivity index (χ2v) is 4.68. The van der Waals surface area contributed by atoms with Crippen molar-refractivity contribution in [1.82, 2.24) is 5.32 Å². The molecule has 0 fully saturated rings. The monoisotopic (exact) mass is 296 g/mol. The van der Waals surface area contributed by atoms with Crippen molar-refractivity contribution in [3.8, 4) is 12.3 Å². The molecule has 0 saturated carbocycles. The summed E-state index contributed by atoms with van der Waals surface area (Å²) in [4.78, 5) is 10.3. The predicted molar refractivity (Wildman–Crippen MR) is 70.5 cm³/mol. The Morgan fingerprint density at radius 1 is 1.59 bits per heavy atom. The molecule has 1 atom stereocenters. The molecule has 1 rings (SSSR count). The first-order valence-electron chi connectivity index (χ1n) is 5.13. The molecule has 5 heteroatoms. The molecule has 1 N–H and O–H groups in total. The van der Waals surface area contributed by atoms with Gasteiger partial charge in [0, 0.05) is 35.6 Å². The van der Waals surface area contributed by atoms with Gasteiger partial charge in [-0.25, -0.2) is 0 Å². The van der Waals surface area contributed by atoms with E-state index in [0.717, 1.165) is 5.56 Å². The molecule has 1 aromatic carbocycles. The van der Waals surface area contributed by atoms with Crippen LogP contribution in [0.3, 0.4) is 0 Å². The molecule has 0 bridgehead atoms. The molecule has 90 valence electrons. The summed E-state index contributed by atoms with van der Waals surface area (Å²) in [6, 6.07) is 5.08. The first-order valence-corrected chi connectivity index (χ1v) is 5.93. The Balaban J connectivity index is 2.72. The number of benzene rings is 1. The lowest BCUT2D eigenvalue weighted by molar-refractivity contribution is -0.385. The second-order valence-electron chi connectivity index (χ2n) is 3.76. The van der Waals surface area contributed by atoms with Crippen LogP contribution in [0, 0.1) is 22.5 Å². The highest BCUT2D eigenvalue weighted by Crippen LogP contribution is 2.21. The molecule has 0 aromatic heterocycles. The maximum atomic E-state index is 10.7. The number of rotatable bonds is 5. The van der Waals surface area contributed by atoms with Gasteiger partial charge in [-0.15, -0.1) is 12.3 Å². The number of terminal acetylenes is 1. The van der Waals surface area contributed by atoms with Crippen LogP contribution in [0.5, 0.6) is 0 Å². The maximum Gasteiger partial charge on any atom is 0.270 e. The van der Waals surface area contributed by atoms with Gasteiger partial charge in [-0.3, -0.25) is 10.1 Å². The summed E-state index contributed by atoms with van der Waals surface area (Å²) in [7, 11) is 0. The van der Waals surface area contributed by atoms with Gasteiger partial charge in [-0.1, -0.05) is 15.9 Å². The summed E-state index contributed by atoms with van der Waals surface area (Å²) >= 11 is 3.25. The van der Waals surface area contributed by atoms with E-state index in [1.165, 1.54) is 6.07 Å². The van der Waals surface area contributed by atoms with E-state index in [0.29, 0.717) is 17.4 Å². The lowest BCUT2D eigenvalue weighted by Crippen LogP contribution is -2.24. The topological polar surface area (TPSA) is 55.2 Å². The fourth-order valence-corrected chi connectivity index (χ4v) is 1.91. The van der Waals surface area contributed by atoms with Crippen LogP contribution in [0.25, 0.3) is 0 Å². The van der Waals surface area contributed by atoms with Crippen molar-refractivity contribution in [2.24, 2.45) is 0 Å². The van der Waals surface area contributed by atoms with Crippen LogP contribution in [0.2, 0.25) is 0 Å². The summed E-state index contributed by atoms with van der Waals surface area (Å²) in [5.74, 6) is 2.56. The van der Waals surface area contributed by atoms with Crippen LogP contribution in [-0.4, -0.2) is 11.0 Å². The molecule has 0 aliphatic heterocycles. The fourth-order valence-electron chi connectivity index (χ4n) is 1.38. The molecular formula is C12H13BrN2O2. The van der Waals surface area contributed by atoms with Crippen LogP contribution < -0.4 is 5.32 Å². The third-order valence-corrected chi connectivity index (χ3v) is 2.69. The number of hydrogen-bond donors (Lipinski definition) is 1. The van der Waals surface area contributed by atoms with Crippen LogP contribution in [-0.2, 0) is 6.54 Å². The Hall–Kier alpha value is -1.38. The second kappa shape index (κ2) is 6.38. The molecule has 0 radical (unpaired) electrons. The van der Waals surface area contributed by atoms with E-state index in [1.807, 2.05) is 13.0 Å². The average Bonchev–Trinajstić information content (AvgIpc) is 2.26. The summed E-state index contributed by atoms with van der Waals surface area (Å²) in [5, 5.41) is 13.9. The number of halogens is 1. The van der Waals surface area contributed by atoms with Crippen LogP contribution in [0.4, 0.5) is 5.69 Å². The molecule has 0 spiro atoms. The van der Waals surface area contributed by atoms with E-state index in [9.17, 15) is 10.1 Å². The third-order valence-electron chi connectivity index (χ3n) is 2.23. The largest absolute Gasteiger partial charge is 0.309 e. The minimum atomic E-state index is -0.404. The number of nitro benzene ring substituents is 1. The molecular weight excluding hydrogens is 284 g/mol. The summed E-state index contributed by atoms with van der Waals surface area (Å²) in [6.07, 6.45) is 5.83. The van der Waals surface area contributed by atoms with Crippen molar-refractivity contribution < 1.29 is 4.92 Å². The van der Waals surface area contributed by atoms with E-state index >= 15 is 0 Å². The SMILES string of the molecule is C#CCC(C)NCc1cc(Br)cc([N+](=O)[O-])c1. The highest BCUT2D eigenvalue weighted by molar-refractivity contribution is 9.10. The zero-order valence-electron chi connectivity index (χ0n) is 9.44. The van der Waals surface area contributed by atoms with Gasteiger partial charge >= 0.3 is 0 Å². The number of non-ortho nitro benzene ring substituents is 1. The lowest BCUT2D eigenvalue weighted by atomic mass is 10.2. The highest BCUT2D eigenvalue weighted by atomic mass is 79.9. The number of nitrogens with one attached hydrogen (secondary N) is 1. The molecule has 17 heavy (non-hydrogen) atoms. The number of nitro groups is 1. The first-order chi connectivity index (χ1) is 8.02. The summed E-state index contributed by atoms with van der Waals surface area (Å²) < 4.78 is 0.702. The fraction of sp³-hybridized carbons (Fsp3) is 0.333. The molecule has 0 aliphatic rings. The van der Waals surface area contributed by atoms with E-state index < -0.39 is 4.92 Å². The number of nitrogens with zero attached hydrogens (tertiary/aromatic N) is 1. The molecule has 1 unspecified atom stereocenters. The third kappa shape index (κ3) is 4.55. The van der Waals surface area contributed by atoms with Crippen molar-refractivity contribution in [1.29, 1.82) is 0 Å². The van der Waals surface area contributed by atoms with Gasteiger partial charge in [0.05, 0.1) is 4.92 Å². The molecule has 1 aromatic rings. The smallest absolute Gasteiger partial charge is 0.270 e. The normalized spacial score (nSPS) is 11.8. The molecule has 0 saturated heterocycles. The van der Waals surface area contributed by atoms with E-state index in [2.05, 4.69) is 27.2 Å². The van der Waals surface area contributed by atoms with Gasteiger partial charge in [0.2, 0.25) is 0 Å².